The van der Waals surface area contributed by atoms with E-state index in [4.69, 9.17) is 11.6 Å². The minimum absolute atomic E-state index is 0.158. The second-order valence-electron chi connectivity index (χ2n) is 6.17. The zero-order valence-electron chi connectivity index (χ0n) is 14.9. The van der Waals surface area contributed by atoms with Crippen molar-refractivity contribution >= 4 is 34.8 Å². The minimum Gasteiger partial charge on any atom is -0.322 e. The predicted octanol–water partition coefficient (Wildman–Crippen LogP) is 4.86. The Morgan fingerprint density at radius 1 is 0.889 bits per heavy atom. The van der Waals surface area contributed by atoms with E-state index in [1.165, 1.54) is 12.3 Å². The van der Waals surface area contributed by atoms with E-state index in [0.717, 1.165) is 11.1 Å². The third-order valence-corrected chi connectivity index (χ3v) is 4.37. The summed E-state index contributed by atoms with van der Waals surface area (Å²) in [6.45, 7) is 3.83. The maximum Gasteiger partial charge on any atom is 0.274 e. The molecule has 0 fully saturated rings. The SMILES string of the molecule is Cc1cccc(NC(=O)c2cc(C(=O)Nc3ccc(C)c(Cl)c3)ccn2)c1. The van der Waals surface area contributed by atoms with Crippen LogP contribution in [0.5, 0.6) is 0 Å². The van der Waals surface area contributed by atoms with Gasteiger partial charge in [0.2, 0.25) is 0 Å². The quantitative estimate of drug-likeness (QED) is 0.680. The average molecular weight is 380 g/mol. The van der Waals surface area contributed by atoms with Gasteiger partial charge in [-0.1, -0.05) is 29.8 Å². The number of rotatable bonds is 4. The van der Waals surface area contributed by atoms with Crippen molar-refractivity contribution in [2.24, 2.45) is 0 Å². The molecule has 27 heavy (non-hydrogen) atoms. The molecule has 3 aromatic rings. The van der Waals surface area contributed by atoms with Gasteiger partial charge in [-0.15, -0.1) is 0 Å². The van der Waals surface area contributed by atoms with E-state index in [2.05, 4.69) is 15.6 Å². The molecule has 0 atom stereocenters. The van der Waals surface area contributed by atoms with Gasteiger partial charge in [0.25, 0.3) is 11.8 Å². The zero-order chi connectivity index (χ0) is 19.4. The molecule has 1 aromatic heterocycles. The molecule has 0 aliphatic rings. The van der Waals surface area contributed by atoms with Crippen LogP contribution in [0, 0.1) is 13.8 Å². The number of anilines is 2. The number of carbonyl (C=O) groups excluding carboxylic acids is 2. The maximum atomic E-state index is 12.5. The highest BCUT2D eigenvalue weighted by molar-refractivity contribution is 6.31. The molecule has 136 valence electrons. The summed E-state index contributed by atoms with van der Waals surface area (Å²) in [5, 5.41) is 6.11. The Bertz CT molecular complexity index is 1020. The Balaban J connectivity index is 1.75. The number of aromatic nitrogens is 1. The van der Waals surface area contributed by atoms with Gasteiger partial charge in [-0.25, -0.2) is 0 Å². The first-order valence-corrected chi connectivity index (χ1v) is 8.72. The highest BCUT2D eigenvalue weighted by Gasteiger charge is 2.13. The summed E-state index contributed by atoms with van der Waals surface area (Å²) in [5.74, 6) is -0.726. The van der Waals surface area contributed by atoms with Crippen molar-refractivity contribution in [3.8, 4) is 0 Å². The minimum atomic E-state index is -0.381. The van der Waals surface area contributed by atoms with Crippen LogP contribution in [0.2, 0.25) is 5.02 Å². The largest absolute Gasteiger partial charge is 0.322 e. The lowest BCUT2D eigenvalue weighted by Crippen LogP contribution is -2.17. The molecule has 2 amide bonds. The number of hydrogen-bond donors (Lipinski definition) is 2. The van der Waals surface area contributed by atoms with Gasteiger partial charge >= 0.3 is 0 Å². The second-order valence-corrected chi connectivity index (χ2v) is 6.58. The van der Waals surface area contributed by atoms with Gasteiger partial charge in [-0.2, -0.15) is 0 Å². The van der Waals surface area contributed by atoms with Crippen LogP contribution in [0.15, 0.2) is 60.8 Å². The average Bonchev–Trinajstić information content (AvgIpc) is 2.65. The van der Waals surface area contributed by atoms with Gasteiger partial charge in [-0.05, 0) is 61.4 Å². The van der Waals surface area contributed by atoms with Crippen molar-refractivity contribution < 1.29 is 9.59 Å². The molecular formula is C21H18ClN3O2. The molecule has 0 spiro atoms. The van der Waals surface area contributed by atoms with E-state index in [0.29, 0.717) is 22.0 Å². The van der Waals surface area contributed by atoms with Crippen molar-refractivity contribution in [2.75, 3.05) is 10.6 Å². The number of aryl methyl sites for hydroxylation is 2. The molecule has 0 radical (unpaired) electrons. The fourth-order valence-corrected chi connectivity index (χ4v) is 2.67. The summed E-state index contributed by atoms with van der Waals surface area (Å²) in [6.07, 6.45) is 1.43. The Morgan fingerprint density at radius 2 is 1.63 bits per heavy atom. The van der Waals surface area contributed by atoms with Crippen LogP contribution in [0.4, 0.5) is 11.4 Å². The van der Waals surface area contributed by atoms with Crippen LogP contribution in [0.25, 0.3) is 0 Å². The van der Waals surface area contributed by atoms with Crippen molar-refractivity contribution in [2.45, 2.75) is 13.8 Å². The number of hydrogen-bond acceptors (Lipinski definition) is 3. The van der Waals surface area contributed by atoms with E-state index in [9.17, 15) is 9.59 Å². The second kappa shape index (κ2) is 8.01. The van der Waals surface area contributed by atoms with Crippen molar-refractivity contribution in [3.63, 3.8) is 0 Å². The molecule has 2 aromatic carbocycles. The first-order chi connectivity index (χ1) is 12.9. The van der Waals surface area contributed by atoms with E-state index in [-0.39, 0.29) is 17.5 Å². The molecule has 0 aliphatic heterocycles. The first-order valence-electron chi connectivity index (χ1n) is 8.34. The van der Waals surface area contributed by atoms with Gasteiger partial charge in [0, 0.05) is 28.2 Å². The Kier molecular flexibility index (Phi) is 5.52. The molecule has 6 heteroatoms. The van der Waals surface area contributed by atoms with Gasteiger partial charge in [0.15, 0.2) is 0 Å². The predicted molar refractivity (Wildman–Crippen MR) is 108 cm³/mol. The van der Waals surface area contributed by atoms with Gasteiger partial charge in [0.1, 0.15) is 5.69 Å². The van der Waals surface area contributed by atoms with Gasteiger partial charge in [0.05, 0.1) is 0 Å². The number of amides is 2. The highest BCUT2D eigenvalue weighted by atomic mass is 35.5. The van der Waals surface area contributed by atoms with Crippen LogP contribution in [0.1, 0.15) is 32.0 Å². The molecule has 0 bridgehead atoms. The van der Waals surface area contributed by atoms with Gasteiger partial charge in [-0.3, -0.25) is 14.6 Å². The summed E-state index contributed by atoms with van der Waals surface area (Å²) < 4.78 is 0. The first kappa shape index (κ1) is 18.6. The van der Waals surface area contributed by atoms with Crippen LogP contribution in [-0.2, 0) is 0 Å². The zero-order valence-corrected chi connectivity index (χ0v) is 15.7. The molecule has 0 saturated heterocycles. The van der Waals surface area contributed by atoms with Crippen LogP contribution >= 0.6 is 11.6 Å². The molecule has 5 nitrogen and oxygen atoms in total. The van der Waals surface area contributed by atoms with Crippen LogP contribution < -0.4 is 10.6 Å². The lowest BCUT2D eigenvalue weighted by atomic mass is 10.1. The molecule has 2 N–H and O–H groups in total. The summed E-state index contributed by atoms with van der Waals surface area (Å²) in [7, 11) is 0. The number of nitrogens with zero attached hydrogens (tertiary/aromatic N) is 1. The topological polar surface area (TPSA) is 71.1 Å². The molecule has 0 aliphatic carbocycles. The monoisotopic (exact) mass is 379 g/mol. The van der Waals surface area contributed by atoms with E-state index in [1.807, 2.05) is 38.1 Å². The summed E-state index contributed by atoms with van der Waals surface area (Å²) in [6, 6.07) is 15.7. The van der Waals surface area contributed by atoms with E-state index < -0.39 is 0 Å². The lowest BCUT2D eigenvalue weighted by Gasteiger charge is -2.09. The van der Waals surface area contributed by atoms with Crippen molar-refractivity contribution in [1.82, 2.24) is 4.98 Å². The van der Waals surface area contributed by atoms with Crippen LogP contribution in [0.3, 0.4) is 0 Å². The fourth-order valence-electron chi connectivity index (χ4n) is 2.49. The molecule has 0 unspecified atom stereocenters. The molecular weight excluding hydrogens is 362 g/mol. The Labute approximate surface area is 162 Å². The fraction of sp³-hybridized carbons (Fsp3) is 0.0952. The lowest BCUT2D eigenvalue weighted by molar-refractivity contribution is 0.102. The maximum absolute atomic E-state index is 12.5. The number of benzene rings is 2. The molecule has 0 saturated carbocycles. The summed E-state index contributed by atoms with van der Waals surface area (Å²) >= 11 is 6.08. The van der Waals surface area contributed by atoms with Gasteiger partial charge < -0.3 is 10.6 Å². The standard InChI is InChI=1S/C21H18ClN3O2/c1-13-4-3-5-16(10-13)25-21(27)19-11-15(8-9-23-19)20(26)24-17-7-6-14(2)18(22)12-17/h3-12H,1-2H3,(H,24,26)(H,25,27). The normalized spacial score (nSPS) is 10.3. The number of pyridine rings is 1. The smallest absolute Gasteiger partial charge is 0.274 e. The number of halogens is 1. The highest BCUT2D eigenvalue weighted by Crippen LogP contribution is 2.20. The van der Waals surface area contributed by atoms with Crippen LogP contribution in [-0.4, -0.2) is 16.8 Å². The van der Waals surface area contributed by atoms with Crippen molar-refractivity contribution in [3.05, 3.63) is 88.2 Å². The van der Waals surface area contributed by atoms with Crippen molar-refractivity contribution in [1.29, 1.82) is 0 Å². The number of nitrogens with one attached hydrogen (secondary N) is 2. The van der Waals surface area contributed by atoms with E-state index >= 15 is 0 Å². The number of carbonyl (C=O) groups is 2. The summed E-state index contributed by atoms with van der Waals surface area (Å²) in [4.78, 5) is 29.0. The Hall–Kier alpha value is -3.18. The molecule has 1 heterocycles. The third-order valence-electron chi connectivity index (χ3n) is 3.96. The summed E-state index contributed by atoms with van der Waals surface area (Å²) in [5.41, 5.74) is 3.70. The third kappa shape index (κ3) is 4.71. The Morgan fingerprint density at radius 3 is 2.37 bits per heavy atom. The molecule has 3 rings (SSSR count). The van der Waals surface area contributed by atoms with E-state index in [1.54, 1.807) is 24.3 Å².